The molecule has 2 aromatic carbocycles. The number of benzene rings is 2. The summed E-state index contributed by atoms with van der Waals surface area (Å²) in [6, 6.07) is 11.4. The molecular weight excluding hydrogens is 686 g/mol. The highest BCUT2D eigenvalue weighted by Gasteiger charge is 2.37. The number of rotatable bonds is 8. The molecule has 8 nitrogen and oxygen atoms in total. The molecule has 1 aromatic heterocycles. The van der Waals surface area contributed by atoms with Gasteiger partial charge in [0.15, 0.2) is 14.0 Å². The summed E-state index contributed by atoms with van der Waals surface area (Å²) in [6.07, 6.45) is 3.33. The van der Waals surface area contributed by atoms with E-state index in [9.17, 15) is 18.2 Å². The largest absolute Gasteiger partial charge is 0.456 e. The fourth-order valence-electron chi connectivity index (χ4n) is 4.12. The fourth-order valence-corrected chi connectivity index (χ4v) is 10.2. The van der Waals surface area contributed by atoms with Gasteiger partial charge in [-0.05, 0) is 96.9 Å². The van der Waals surface area contributed by atoms with Gasteiger partial charge in [0.2, 0.25) is 0 Å². The summed E-state index contributed by atoms with van der Waals surface area (Å²) in [4.78, 5) is 27.5. The number of hydrogen-bond acceptors (Lipinski definition) is 6. The molecule has 1 unspecified atom stereocenters. The van der Waals surface area contributed by atoms with Crippen LogP contribution in [-0.4, -0.2) is 35.2 Å². The second kappa shape index (κ2) is 11.8. The van der Waals surface area contributed by atoms with Gasteiger partial charge in [-0.2, -0.15) is 0 Å². The molecule has 1 heterocycles. The molecule has 1 aliphatic rings. The van der Waals surface area contributed by atoms with Crippen LogP contribution in [0.3, 0.4) is 0 Å². The summed E-state index contributed by atoms with van der Waals surface area (Å²) < 4.78 is 41.9. The third-order valence-corrected chi connectivity index (χ3v) is 16.5. The third kappa shape index (κ3) is 6.91. The normalized spacial score (nSPS) is 15.1. The first-order valence-electron chi connectivity index (χ1n) is 13.7. The third-order valence-electron chi connectivity index (χ3n) is 7.79. The number of ether oxygens (including phenoxy) is 1. The zero-order valence-electron chi connectivity index (χ0n) is 25.2. The predicted octanol–water partition coefficient (Wildman–Crippen LogP) is 7.33. The molecule has 1 saturated carbocycles. The average molecular weight is 725 g/mol. The summed E-state index contributed by atoms with van der Waals surface area (Å²) in [7, 11) is -3.50. The van der Waals surface area contributed by atoms with Crippen molar-refractivity contribution < 1.29 is 18.1 Å². The Balaban J connectivity index is 1.86. The Labute approximate surface area is 261 Å². The van der Waals surface area contributed by atoms with E-state index < -0.39 is 35.2 Å². The number of nitrogens with zero attached hydrogens (tertiary/aromatic N) is 2. The van der Waals surface area contributed by atoms with Gasteiger partial charge in [0.05, 0.1) is 25.9 Å². The number of amides is 1. The van der Waals surface area contributed by atoms with Crippen LogP contribution in [-0.2, 0) is 16.8 Å². The Bertz CT molecular complexity index is 1740. The van der Waals surface area contributed by atoms with Crippen molar-refractivity contribution in [2.75, 3.05) is 11.6 Å². The van der Waals surface area contributed by atoms with Crippen LogP contribution in [0.4, 0.5) is 15.9 Å². The zero-order valence-corrected chi connectivity index (χ0v) is 29.2. The second-order valence-corrected chi connectivity index (χ2v) is 21.0. The quantitative estimate of drug-likeness (QED) is 0.187. The number of halogens is 2. The minimum absolute atomic E-state index is 0.0239. The lowest BCUT2D eigenvalue weighted by atomic mass is 10.1. The Morgan fingerprint density at radius 2 is 1.86 bits per heavy atom. The van der Waals surface area contributed by atoms with Crippen molar-refractivity contribution in [3.63, 3.8) is 0 Å². The molecule has 42 heavy (non-hydrogen) atoms. The van der Waals surface area contributed by atoms with Gasteiger partial charge in [-0.15, -0.1) is 0 Å². The molecule has 226 valence electrons. The smallest absolute Gasteiger partial charge is 0.259 e. The molecule has 4 rings (SSSR count). The van der Waals surface area contributed by atoms with Gasteiger partial charge in [-0.3, -0.25) is 18.2 Å². The van der Waals surface area contributed by atoms with Crippen LogP contribution in [0.5, 0.6) is 11.5 Å². The summed E-state index contributed by atoms with van der Waals surface area (Å²) in [5, 5.41) is 5.85. The number of hydrogen-bond donors (Lipinski definition) is 2. The van der Waals surface area contributed by atoms with Gasteiger partial charge in [0, 0.05) is 22.9 Å². The molecule has 1 fully saturated rings. The minimum Gasteiger partial charge on any atom is -0.456 e. The Morgan fingerprint density at radius 3 is 2.45 bits per heavy atom. The number of aromatic nitrogens is 1. The molecule has 1 amide bonds. The summed E-state index contributed by atoms with van der Waals surface area (Å²) in [5.74, 6) is -0.520. The molecule has 1 aliphatic carbocycles. The van der Waals surface area contributed by atoms with Gasteiger partial charge >= 0.3 is 0 Å². The van der Waals surface area contributed by atoms with Crippen molar-refractivity contribution in [2.45, 2.75) is 69.6 Å². The number of carbonyl (C=O) groups is 1. The minimum atomic E-state index is -2.78. The molecular formula is C30H38FIN4O4SSi. The maximum absolute atomic E-state index is 14.9. The molecule has 0 saturated heterocycles. The van der Waals surface area contributed by atoms with E-state index in [-0.39, 0.29) is 39.5 Å². The number of anilines is 2. The Morgan fingerprint density at radius 1 is 1.19 bits per heavy atom. The molecule has 12 heteroatoms. The zero-order chi connectivity index (χ0) is 31.2. The van der Waals surface area contributed by atoms with Gasteiger partial charge in [-0.25, -0.2) is 8.60 Å². The van der Waals surface area contributed by atoms with Crippen LogP contribution in [0.2, 0.25) is 18.1 Å². The van der Waals surface area contributed by atoms with Crippen LogP contribution < -0.4 is 20.9 Å². The molecule has 0 radical (unpaired) electrons. The average Bonchev–Trinajstić information content (AvgIpc) is 3.70. The van der Waals surface area contributed by atoms with Gasteiger partial charge in [0.25, 0.3) is 11.5 Å². The lowest BCUT2D eigenvalue weighted by Gasteiger charge is -2.33. The Hall–Kier alpha value is -2.71. The van der Waals surface area contributed by atoms with Gasteiger partial charge in [0.1, 0.15) is 22.9 Å². The predicted molar refractivity (Wildman–Crippen MR) is 178 cm³/mol. The second-order valence-electron chi connectivity index (χ2n) is 12.3. The van der Waals surface area contributed by atoms with E-state index in [1.54, 1.807) is 49.6 Å². The maximum atomic E-state index is 14.9. The maximum Gasteiger partial charge on any atom is 0.259 e. The van der Waals surface area contributed by atoms with E-state index >= 15 is 0 Å². The van der Waals surface area contributed by atoms with Crippen LogP contribution in [0.25, 0.3) is 0 Å². The first-order chi connectivity index (χ1) is 19.4. The van der Waals surface area contributed by atoms with Crippen LogP contribution >= 0.6 is 22.6 Å². The van der Waals surface area contributed by atoms with Gasteiger partial charge < -0.3 is 15.4 Å². The standard InChI is InChI=1S/C30H38FIN4O4SSi/c1-18-26(40-21-10-9-11-22(17-21)41(6,39)35-42(7,8)30(2,3)4)25(28(37)33-20-13-14-20)27(36(5)29(18)38)34-24-15-12-19(32)16-23(24)31/h9-12,15-17,20,34H,13-14H2,1-8H3,(H,33,37). The van der Waals surface area contributed by atoms with E-state index in [1.807, 2.05) is 22.6 Å². The monoisotopic (exact) mass is 724 g/mol. The molecule has 2 N–H and O–H groups in total. The lowest BCUT2D eigenvalue weighted by molar-refractivity contribution is 0.0948. The van der Waals surface area contributed by atoms with Crippen LogP contribution in [0, 0.1) is 16.3 Å². The van der Waals surface area contributed by atoms with Crippen LogP contribution in [0.1, 0.15) is 49.5 Å². The molecule has 1 atom stereocenters. The number of pyridine rings is 1. The summed E-state index contributed by atoms with van der Waals surface area (Å²) in [6.45, 7) is 12.1. The highest BCUT2D eigenvalue weighted by atomic mass is 127. The van der Waals surface area contributed by atoms with Crippen molar-refractivity contribution in [3.8, 4) is 11.5 Å². The summed E-state index contributed by atoms with van der Waals surface area (Å²) >= 11 is 2.01. The van der Waals surface area contributed by atoms with Crippen molar-refractivity contribution in [3.05, 3.63) is 73.3 Å². The first-order valence-corrected chi connectivity index (χ1v) is 19.6. The van der Waals surface area contributed by atoms with E-state index in [1.165, 1.54) is 17.7 Å². The van der Waals surface area contributed by atoms with Crippen molar-refractivity contribution >= 4 is 58.0 Å². The van der Waals surface area contributed by atoms with E-state index in [0.717, 1.165) is 12.8 Å². The van der Waals surface area contributed by atoms with E-state index in [2.05, 4.69) is 44.5 Å². The number of nitrogens with one attached hydrogen (secondary N) is 2. The SMILES string of the molecule is Cc1c(Oc2cccc(S(C)(=O)=N[Si](C)(C)C(C)(C)C)c2)c(C(=O)NC2CC2)c(Nc2ccc(I)cc2F)n(C)c1=O. The molecule has 0 bridgehead atoms. The highest BCUT2D eigenvalue weighted by Crippen LogP contribution is 2.39. The fraction of sp³-hybridized carbons (Fsp3) is 0.400. The van der Waals surface area contributed by atoms with Crippen molar-refractivity contribution in [1.82, 2.24) is 9.88 Å². The Kier molecular flexibility index (Phi) is 9.02. The number of carbonyl (C=O) groups excluding carboxylic acids is 1. The lowest BCUT2D eigenvalue weighted by Crippen LogP contribution is -2.36. The van der Waals surface area contributed by atoms with Crippen LogP contribution in [0.15, 0.2) is 56.2 Å². The van der Waals surface area contributed by atoms with Crippen molar-refractivity contribution in [1.29, 1.82) is 0 Å². The topological polar surface area (TPSA) is 102 Å². The van der Waals surface area contributed by atoms with Crippen molar-refractivity contribution in [2.24, 2.45) is 11.1 Å². The van der Waals surface area contributed by atoms with E-state index in [0.29, 0.717) is 14.2 Å². The molecule has 3 aromatic rings. The molecule has 0 spiro atoms. The summed E-state index contributed by atoms with van der Waals surface area (Å²) in [5.41, 5.74) is -0.0147. The molecule has 0 aliphatic heterocycles. The van der Waals surface area contributed by atoms with E-state index in [4.69, 9.17) is 8.77 Å². The van der Waals surface area contributed by atoms with Gasteiger partial charge in [-0.1, -0.05) is 26.8 Å². The highest BCUT2D eigenvalue weighted by molar-refractivity contribution is 14.1. The first kappa shape index (κ1) is 32.2.